The topological polar surface area (TPSA) is 21.5 Å². The highest BCUT2D eigenvalue weighted by atomic mass is 16.5. The zero-order chi connectivity index (χ0) is 20.2. The normalized spacial score (nSPS) is 12.9. The number of nitrogens with zero attached hydrogens (tertiary/aromatic N) is 1. The van der Waals surface area contributed by atoms with Crippen molar-refractivity contribution in [2.45, 2.75) is 6.42 Å². The van der Waals surface area contributed by atoms with Gasteiger partial charge < -0.3 is 9.47 Å². The molecule has 4 rings (SSSR count). The second kappa shape index (κ2) is 8.36. The summed E-state index contributed by atoms with van der Waals surface area (Å²) in [5.41, 5.74) is 7.28. The summed E-state index contributed by atoms with van der Waals surface area (Å²) in [5.74, 6) is 1.54. The highest BCUT2D eigenvalue weighted by molar-refractivity contribution is 6.12. The van der Waals surface area contributed by atoms with E-state index >= 15 is 0 Å². The molecule has 0 aliphatic carbocycles. The van der Waals surface area contributed by atoms with E-state index in [-0.39, 0.29) is 0 Å². The Bertz CT molecular complexity index is 1030. The van der Waals surface area contributed by atoms with E-state index in [4.69, 9.17) is 9.47 Å². The summed E-state index contributed by atoms with van der Waals surface area (Å²) >= 11 is 0. The Hall–Kier alpha value is -3.33. The summed E-state index contributed by atoms with van der Waals surface area (Å²) in [7, 11) is 5.53. The maximum absolute atomic E-state index is 5.58. The van der Waals surface area contributed by atoms with E-state index < -0.39 is 0 Å². The fourth-order valence-corrected chi connectivity index (χ4v) is 3.87. The molecule has 0 amide bonds. The van der Waals surface area contributed by atoms with Gasteiger partial charge in [-0.25, -0.2) is 4.58 Å². The number of allylic oxidation sites excluding steroid dienone is 1. The van der Waals surface area contributed by atoms with Gasteiger partial charge in [0, 0.05) is 12.5 Å². The van der Waals surface area contributed by atoms with Crippen LogP contribution in [0.1, 0.15) is 22.3 Å². The highest BCUT2D eigenvalue weighted by Gasteiger charge is 2.25. The quantitative estimate of drug-likeness (QED) is 0.588. The summed E-state index contributed by atoms with van der Waals surface area (Å²) in [6.45, 7) is 0.963. The van der Waals surface area contributed by atoms with Crippen molar-refractivity contribution in [2.24, 2.45) is 0 Å². The van der Waals surface area contributed by atoms with Gasteiger partial charge in [-0.05, 0) is 34.4 Å². The Kier molecular flexibility index (Phi) is 5.48. The van der Waals surface area contributed by atoms with Crippen LogP contribution in [-0.4, -0.2) is 38.1 Å². The third kappa shape index (κ3) is 3.81. The van der Waals surface area contributed by atoms with Crippen LogP contribution in [0.3, 0.4) is 0 Å². The molecule has 0 saturated carbocycles. The summed E-state index contributed by atoms with van der Waals surface area (Å²) in [4.78, 5) is 0. The molecule has 3 aromatic carbocycles. The first kappa shape index (κ1) is 19.0. The van der Waals surface area contributed by atoms with Crippen LogP contribution in [0.25, 0.3) is 5.57 Å². The van der Waals surface area contributed by atoms with Crippen molar-refractivity contribution < 1.29 is 14.0 Å². The fourth-order valence-electron chi connectivity index (χ4n) is 3.87. The lowest BCUT2D eigenvalue weighted by atomic mass is 9.91. The first-order valence-corrected chi connectivity index (χ1v) is 9.87. The van der Waals surface area contributed by atoms with E-state index in [1.165, 1.54) is 33.5 Å². The van der Waals surface area contributed by atoms with Gasteiger partial charge in [-0.3, -0.25) is 0 Å². The molecule has 0 N–H and O–H groups in total. The Morgan fingerprint density at radius 2 is 1.38 bits per heavy atom. The maximum Gasteiger partial charge on any atom is 0.208 e. The Morgan fingerprint density at radius 3 is 1.93 bits per heavy atom. The summed E-state index contributed by atoms with van der Waals surface area (Å²) in [5, 5.41) is 0. The standard InChI is InChI=1S/C26H26NO2/c1-27-15-14-21-16-25(28-2)26(29-3)18-23(21)24(27)17-22(19-10-6-4-7-11-19)20-12-8-5-9-13-20/h4-13,16-18H,14-15H2,1-3H3/q+1. The summed E-state index contributed by atoms with van der Waals surface area (Å²) in [6, 6.07) is 25.3. The van der Waals surface area contributed by atoms with Crippen molar-refractivity contribution in [2.75, 3.05) is 27.8 Å². The van der Waals surface area contributed by atoms with Gasteiger partial charge in [0.1, 0.15) is 13.6 Å². The number of fused-ring (bicyclic) bond motifs is 1. The molecular weight excluding hydrogens is 358 g/mol. The van der Waals surface area contributed by atoms with E-state index in [1.807, 2.05) is 0 Å². The minimum absolute atomic E-state index is 0.758. The van der Waals surface area contributed by atoms with Crippen LogP contribution in [0.15, 0.2) is 78.9 Å². The van der Waals surface area contributed by atoms with Gasteiger partial charge in [-0.2, -0.15) is 0 Å². The molecule has 0 unspecified atom stereocenters. The largest absolute Gasteiger partial charge is 0.493 e. The molecule has 3 nitrogen and oxygen atoms in total. The molecule has 146 valence electrons. The van der Waals surface area contributed by atoms with Crippen molar-refractivity contribution in [3.8, 4) is 11.5 Å². The van der Waals surface area contributed by atoms with E-state index in [2.05, 4.69) is 90.5 Å². The molecule has 0 spiro atoms. The summed E-state index contributed by atoms with van der Waals surface area (Å²) < 4.78 is 13.4. The van der Waals surface area contributed by atoms with E-state index in [0.29, 0.717) is 0 Å². The molecule has 1 aliphatic heterocycles. The van der Waals surface area contributed by atoms with E-state index in [1.54, 1.807) is 14.2 Å². The number of methoxy groups -OCH3 is 2. The number of benzene rings is 3. The second-order valence-corrected chi connectivity index (χ2v) is 7.21. The number of hydrogen-bond donors (Lipinski definition) is 0. The smallest absolute Gasteiger partial charge is 0.208 e. The average molecular weight is 384 g/mol. The molecule has 3 aromatic rings. The zero-order valence-corrected chi connectivity index (χ0v) is 17.2. The predicted octanol–water partition coefficient (Wildman–Crippen LogP) is 4.82. The molecule has 29 heavy (non-hydrogen) atoms. The molecule has 0 fully saturated rings. The van der Waals surface area contributed by atoms with Crippen molar-refractivity contribution >= 4 is 11.3 Å². The lowest BCUT2D eigenvalue weighted by Crippen LogP contribution is -2.26. The van der Waals surface area contributed by atoms with Gasteiger partial charge in [0.15, 0.2) is 11.5 Å². The lowest BCUT2D eigenvalue weighted by molar-refractivity contribution is -0.497. The van der Waals surface area contributed by atoms with Gasteiger partial charge in [0.05, 0.1) is 19.8 Å². The molecular formula is C26H26NO2+. The van der Waals surface area contributed by atoms with Gasteiger partial charge >= 0.3 is 0 Å². The van der Waals surface area contributed by atoms with Crippen molar-refractivity contribution in [3.63, 3.8) is 0 Å². The third-order valence-electron chi connectivity index (χ3n) is 5.46. The number of likely N-dealkylation sites (N-methyl/N-ethyl adjacent to an activating group) is 1. The minimum Gasteiger partial charge on any atom is -0.493 e. The van der Waals surface area contributed by atoms with Crippen molar-refractivity contribution in [3.05, 3.63) is 101 Å². The van der Waals surface area contributed by atoms with Crippen LogP contribution in [0.2, 0.25) is 0 Å². The van der Waals surface area contributed by atoms with Gasteiger partial charge in [-0.1, -0.05) is 60.7 Å². The second-order valence-electron chi connectivity index (χ2n) is 7.21. The Balaban J connectivity index is 1.91. The highest BCUT2D eigenvalue weighted by Crippen LogP contribution is 2.33. The molecule has 0 aromatic heterocycles. The molecule has 0 bridgehead atoms. The summed E-state index contributed by atoms with van der Waals surface area (Å²) in [6.07, 6.45) is 3.28. The van der Waals surface area contributed by atoms with E-state index in [9.17, 15) is 0 Å². The number of ether oxygens (including phenoxy) is 2. The van der Waals surface area contributed by atoms with Crippen LogP contribution in [0.5, 0.6) is 11.5 Å². The zero-order valence-electron chi connectivity index (χ0n) is 17.2. The minimum atomic E-state index is 0.758. The molecule has 1 aliphatic rings. The molecule has 0 saturated heterocycles. The predicted molar refractivity (Wildman–Crippen MR) is 118 cm³/mol. The van der Waals surface area contributed by atoms with Crippen LogP contribution in [0.4, 0.5) is 0 Å². The first-order chi connectivity index (χ1) is 14.2. The van der Waals surface area contributed by atoms with Crippen LogP contribution in [0, 0.1) is 0 Å². The van der Waals surface area contributed by atoms with Crippen LogP contribution in [-0.2, 0) is 6.42 Å². The molecule has 1 heterocycles. The van der Waals surface area contributed by atoms with Gasteiger partial charge in [0.25, 0.3) is 0 Å². The van der Waals surface area contributed by atoms with Gasteiger partial charge in [-0.15, -0.1) is 0 Å². The number of hydrogen-bond acceptors (Lipinski definition) is 2. The third-order valence-corrected chi connectivity index (χ3v) is 5.46. The number of rotatable bonds is 5. The van der Waals surface area contributed by atoms with Crippen LogP contribution >= 0.6 is 0 Å². The average Bonchev–Trinajstić information content (AvgIpc) is 2.78. The lowest BCUT2D eigenvalue weighted by Gasteiger charge is -2.19. The Morgan fingerprint density at radius 1 is 0.828 bits per heavy atom. The monoisotopic (exact) mass is 384 g/mol. The molecule has 3 heteroatoms. The van der Waals surface area contributed by atoms with Gasteiger partial charge in [0.2, 0.25) is 5.71 Å². The molecule has 0 atom stereocenters. The fraction of sp³-hybridized carbons (Fsp3) is 0.192. The first-order valence-electron chi connectivity index (χ1n) is 9.87. The molecule has 0 radical (unpaired) electrons. The van der Waals surface area contributed by atoms with E-state index in [0.717, 1.165) is 24.5 Å². The van der Waals surface area contributed by atoms with Crippen LogP contribution < -0.4 is 9.47 Å². The maximum atomic E-state index is 5.58. The SMILES string of the molecule is COc1cc2c(cc1OC)C(C=C(c1ccccc1)c1ccccc1)=[N+](C)CC2. The van der Waals surface area contributed by atoms with Crippen molar-refractivity contribution in [1.82, 2.24) is 0 Å². The van der Waals surface area contributed by atoms with Crippen molar-refractivity contribution in [1.29, 1.82) is 0 Å². The Labute approximate surface area is 172 Å².